The standard InChI is InChI=1S/C16H24N2O3S/c1-5-21-15(19)13-11(3)12(4)22-14(13)17-16(20)18-8-6-7-10(2)9-18/h10H,5-9H2,1-4H3,(H,17,20)/t10-/m0/s1. The highest BCUT2D eigenvalue weighted by Crippen LogP contribution is 2.33. The van der Waals surface area contributed by atoms with Crippen molar-refractivity contribution in [2.24, 2.45) is 5.92 Å². The Balaban J connectivity index is 2.16. The minimum Gasteiger partial charge on any atom is -0.462 e. The van der Waals surface area contributed by atoms with Gasteiger partial charge in [0.15, 0.2) is 0 Å². The fourth-order valence-electron chi connectivity index (χ4n) is 2.71. The number of likely N-dealkylation sites (tertiary alicyclic amines) is 1. The van der Waals surface area contributed by atoms with Gasteiger partial charge in [0.25, 0.3) is 0 Å². The molecule has 2 amide bonds. The topological polar surface area (TPSA) is 58.6 Å². The maximum Gasteiger partial charge on any atom is 0.341 e. The van der Waals surface area contributed by atoms with E-state index in [9.17, 15) is 9.59 Å². The number of carbonyl (C=O) groups is 2. The zero-order valence-corrected chi connectivity index (χ0v) is 14.5. The molecule has 5 nitrogen and oxygen atoms in total. The number of urea groups is 1. The summed E-state index contributed by atoms with van der Waals surface area (Å²) in [4.78, 5) is 27.4. The summed E-state index contributed by atoms with van der Waals surface area (Å²) in [7, 11) is 0. The van der Waals surface area contributed by atoms with Crippen LogP contribution in [-0.4, -0.2) is 36.6 Å². The third kappa shape index (κ3) is 3.61. The molecule has 0 aromatic carbocycles. The lowest BCUT2D eigenvalue weighted by Gasteiger charge is -2.30. The number of rotatable bonds is 3. The first-order chi connectivity index (χ1) is 10.4. The summed E-state index contributed by atoms with van der Waals surface area (Å²) in [6.07, 6.45) is 2.19. The van der Waals surface area contributed by atoms with E-state index in [1.54, 1.807) is 6.92 Å². The van der Waals surface area contributed by atoms with Crippen LogP contribution in [0.4, 0.5) is 9.80 Å². The molecule has 1 aliphatic rings. The van der Waals surface area contributed by atoms with Crippen molar-refractivity contribution in [2.45, 2.75) is 40.5 Å². The highest BCUT2D eigenvalue weighted by Gasteiger charge is 2.25. The van der Waals surface area contributed by atoms with Crippen molar-refractivity contribution in [3.63, 3.8) is 0 Å². The van der Waals surface area contributed by atoms with E-state index >= 15 is 0 Å². The molecule has 0 radical (unpaired) electrons. The number of nitrogens with zero attached hydrogens (tertiary/aromatic N) is 1. The van der Waals surface area contributed by atoms with Crippen LogP contribution in [0.15, 0.2) is 0 Å². The van der Waals surface area contributed by atoms with Crippen LogP contribution >= 0.6 is 11.3 Å². The summed E-state index contributed by atoms with van der Waals surface area (Å²) in [6, 6.07) is -0.127. The van der Waals surface area contributed by atoms with Gasteiger partial charge in [0.2, 0.25) is 0 Å². The van der Waals surface area contributed by atoms with Gasteiger partial charge in [0, 0.05) is 18.0 Å². The average Bonchev–Trinajstić information content (AvgIpc) is 2.74. The summed E-state index contributed by atoms with van der Waals surface area (Å²) >= 11 is 1.43. The SMILES string of the molecule is CCOC(=O)c1c(NC(=O)N2CCC[C@H](C)C2)sc(C)c1C. The van der Waals surface area contributed by atoms with Crippen LogP contribution in [-0.2, 0) is 4.74 Å². The van der Waals surface area contributed by atoms with Gasteiger partial charge in [0.05, 0.1) is 12.2 Å². The molecule has 0 unspecified atom stereocenters. The number of piperidine rings is 1. The van der Waals surface area contributed by atoms with E-state index in [1.807, 2.05) is 18.7 Å². The molecule has 1 saturated heterocycles. The minimum absolute atomic E-state index is 0.127. The van der Waals surface area contributed by atoms with Gasteiger partial charge in [0.1, 0.15) is 5.00 Å². The third-order valence-electron chi connectivity index (χ3n) is 4.03. The fourth-order valence-corrected chi connectivity index (χ4v) is 3.75. The maximum absolute atomic E-state index is 12.4. The van der Waals surface area contributed by atoms with E-state index in [1.165, 1.54) is 11.3 Å². The molecular weight excluding hydrogens is 300 g/mol. The van der Waals surface area contributed by atoms with Crippen molar-refractivity contribution in [3.8, 4) is 0 Å². The Bertz CT molecular complexity index is 568. The summed E-state index contributed by atoms with van der Waals surface area (Å²) < 4.78 is 5.11. The van der Waals surface area contributed by atoms with Gasteiger partial charge in [-0.2, -0.15) is 0 Å². The van der Waals surface area contributed by atoms with Crippen LogP contribution < -0.4 is 5.32 Å². The molecule has 1 atom stereocenters. The lowest BCUT2D eigenvalue weighted by molar-refractivity contribution is 0.0527. The Hall–Kier alpha value is -1.56. The van der Waals surface area contributed by atoms with Crippen LogP contribution in [0.2, 0.25) is 0 Å². The lowest BCUT2D eigenvalue weighted by Crippen LogP contribution is -2.41. The Kier molecular flexibility index (Phi) is 5.45. The van der Waals surface area contributed by atoms with E-state index < -0.39 is 0 Å². The second-order valence-corrected chi connectivity index (χ2v) is 7.06. The first-order valence-electron chi connectivity index (χ1n) is 7.77. The molecule has 122 valence electrons. The van der Waals surface area contributed by atoms with Crippen LogP contribution in [0, 0.1) is 19.8 Å². The molecule has 1 N–H and O–H groups in total. The highest BCUT2D eigenvalue weighted by atomic mass is 32.1. The monoisotopic (exact) mass is 324 g/mol. The summed E-state index contributed by atoms with van der Waals surface area (Å²) in [5.41, 5.74) is 1.37. The quantitative estimate of drug-likeness (QED) is 0.860. The van der Waals surface area contributed by atoms with Crippen molar-refractivity contribution >= 4 is 28.3 Å². The van der Waals surface area contributed by atoms with E-state index in [2.05, 4.69) is 12.2 Å². The van der Waals surface area contributed by atoms with E-state index in [-0.39, 0.29) is 12.0 Å². The van der Waals surface area contributed by atoms with Crippen LogP contribution in [0.3, 0.4) is 0 Å². The maximum atomic E-state index is 12.4. The molecule has 1 aliphatic heterocycles. The zero-order chi connectivity index (χ0) is 16.3. The third-order valence-corrected chi connectivity index (χ3v) is 5.15. The van der Waals surface area contributed by atoms with Crippen LogP contribution in [0.5, 0.6) is 0 Å². The first kappa shape index (κ1) is 16.8. The summed E-state index contributed by atoms with van der Waals surface area (Å²) in [5, 5.41) is 3.50. The van der Waals surface area contributed by atoms with Gasteiger partial charge in [-0.15, -0.1) is 11.3 Å². The van der Waals surface area contributed by atoms with E-state index in [0.717, 1.165) is 36.4 Å². The fraction of sp³-hybridized carbons (Fsp3) is 0.625. The molecule has 6 heteroatoms. The Morgan fingerprint density at radius 2 is 2.14 bits per heavy atom. The molecule has 22 heavy (non-hydrogen) atoms. The number of thiophene rings is 1. The number of anilines is 1. The molecule has 0 spiro atoms. The number of hydrogen-bond donors (Lipinski definition) is 1. The summed E-state index contributed by atoms with van der Waals surface area (Å²) in [5.74, 6) is 0.155. The number of aryl methyl sites for hydroxylation is 1. The van der Waals surface area contributed by atoms with E-state index in [4.69, 9.17) is 4.74 Å². The Morgan fingerprint density at radius 3 is 2.77 bits per heavy atom. The van der Waals surface area contributed by atoms with Crippen LogP contribution in [0.1, 0.15) is 47.5 Å². The number of nitrogens with one attached hydrogen (secondary N) is 1. The number of esters is 1. The largest absolute Gasteiger partial charge is 0.462 e. The molecule has 0 bridgehead atoms. The van der Waals surface area contributed by atoms with Crippen molar-refractivity contribution in [1.29, 1.82) is 0 Å². The van der Waals surface area contributed by atoms with Gasteiger partial charge >= 0.3 is 12.0 Å². The second-order valence-electron chi connectivity index (χ2n) is 5.83. The number of carbonyl (C=O) groups excluding carboxylic acids is 2. The number of amides is 2. The highest BCUT2D eigenvalue weighted by molar-refractivity contribution is 7.16. The first-order valence-corrected chi connectivity index (χ1v) is 8.58. The van der Waals surface area contributed by atoms with Gasteiger partial charge < -0.3 is 9.64 Å². The second kappa shape index (κ2) is 7.13. The molecular formula is C16H24N2O3S. The van der Waals surface area contributed by atoms with Gasteiger partial charge in [-0.05, 0) is 45.1 Å². The predicted molar refractivity (Wildman–Crippen MR) is 88.7 cm³/mol. The zero-order valence-electron chi connectivity index (χ0n) is 13.7. The molecule has 2 rings (SSSR count). The Labute approximate surface area is 135 Å². The molecule has 1 fully saturated rings. The van der Waals surface area contributed by atoms with Crippen molar-refractivity contribution in [1.82, 2.24) is 4.90 Å². The van der Waals surface area contributed by atoms with Crippen LogP contribution in [0.25, 0.3) is 0 Å². The molecule has 1 aromatic rings. The molecule has 0 saturated carbocycles. The Morgan fingerprint density at radius 1 is 1.41 bits per heavy atom. The molecule has 1 aromatic heterocycles. The lowest BCUT2D eigenvalue weighted by atomic mass is 10.0. The van der Waals surface area contributed by atoms with Gasteiger partial charge in [-0.25, -0.2) is 9.59 Å². The van der Waals surface area contributed by atoms with Gasteiger partial charge in [-0.1, -0.05) is 6.92 Å². The number of ether oxygens (including phenoxy) is 1. The van der Waals surface area contributed by atoms with Crippen molar-refractivity contribution < 1.29 is 14.3 Å². The van der Waals surface area contributed by atoms with Crippen molar-refractivity contribution in [2.75, 3.05) is 25.0 Å². The number of hydrogen-bond acceptors (Lipinski definition) is 4. The smallest absolute Gasteiger partial charge is 0.341 e. The predicted octanol–water partition coefficient (Wildman–Crippen LogP) is 3.81. The van der Waals surface area contributed by atoms with E-state index in [0.29, 0.717) is 23.1 Å². The summed E-state index contributed by atoms with van der Waals surface area (Å²) in [6.45, 7) is 9.63. The normalized spacial score (nSPS) is 18.2. The molecule has 0 aliphatic carbocycles. The minimum atomic E-state index is -0.369. The van der Waals surface area contributed by atoms with Crippen molar-refractivity contribution in [3.05, 3.63) is 16.0 Å². The molecule has 2 heterocycles. The van der Waals surface area contributed by atoms with Gasteiger partial charge in [-0.3, -0.25) is 5.32 Å². The average molecular weight is 324 g/mol.